The first-order valence-electron chi connectivity index (χ1n) is 8.92. The summed E-state index contributed by atoms with van der Waals surface area (Å²) >= 11 is 0. The zero-order valence-corrected chi connectivity index (χ0v) is 14.1. The molecule has 0 radical (unpaired) electrons. The van der Waals surface area contributed by atoms with Crippen LogP contribution in [0.5, 0.6) is 0 Å². The molecule has 2 saturated carbocycles. The van der Waals surface area contributed by atoms with E-state index >= 15 is 0 Å². The lowest BCUT2D eigenvalue weighted by Crippen LogP contribution is -2.40. The molecule has 1 N–H and O–H groups in total. The Morgan fingerprint density at radius 2 is 2.21 bits per heavy atom. The van der Waals surface area contributed by atoms with E-state index in [2.05, 4.69) is 22.3 Å². The van der Waals surface area contributed by atoms with Crippen LogP contribution in [0.15, 0.2) is 36.9 Å². The summed E-state index contributed by atoms with van der Waals surface area (Å²) in [5.74, 6) is 2.39. The molecule has 2 fully saturated rings. The van der Waals surface area contributed by atoms with Crippen molar-refractivity contribution in [2.75, 3.05) is 0 Å². The SMILES string of the molecule is C[C@H](NC(=O)c1ccccc1Cn1cncn1)[C@H]1C[C@H]2CC[C@H]1C2. The number of amides is 1. The first-order valence-corrected chi connectivity index (χ1v) is 8.92. The molecule has 1 heterocycles. The molecule has 24 heavy (non-hydrogen) atoms. The van der Waals surface area contributed by atoms with Gasteiger partial charge in [0.15, 0.2) is 0 Å². The summed E-state index contributed by atoms with van der Waals surface area (Å²) < 4.78 is 1.74. The fraction of sp³-hybridized carbons (Fsp3) is 0.526. The van der Waals surface area contributed by atoms with Gasteiger partial charge >= 0.3 is 0 Å². The van der Waals surface area contributed by atoms with Crippen LogP contribution in [0.25, 0.3) is 0 Å². The molecule has 1 amide bonds. The highest BCUT2D eigenvalue weighted by molar-refractivity contribution is 5.95. The molecule has 0 saturated heterocycles. The van der Waals surface area contributed by atoms with E-state index in [9.17, 15) is 4.79 Å². The van der Waals surface area contributed by atoms with Crippen LogP contribution in [0.2, 0.25) is 0 Å². The van der Waals surface area contributed by atoms with E-state index in [1.807, 2.05) is 24.3 Å². The fourth-order valence-electron chi connectivity index (χ4n) is 4.67. The first-order chi connectivity index (χ1) is 11.7. The van der Waals surface area contributed by atoms with Gasteiger partial charge in [0.25, 0.3) is 5.91 Å². The predicted molar refractivity (Wildman–Crippen MR) is 91.4 cm³/mol. The lowest BCUT2D eigenvalue weighted by atomic mass is 9.84. The maximum atomic E-state index is 12.8. The minimum absolute atomic E-state index is 0.0287. The molecule has 5 nitrogen and oxygen atoms in total. The first kappa shape index (κ1) is 15.4. The number of fused-ring (bicyclic) bond motifs is 2. The maximum Gasteiger partial charge on any atom is 0.251 e. The highest BCUT2D eigenvalue weighted by Crippen LogP contribution is 2.49. The zero-order chi connectivity index (χ0) is 16.5. The standard InChI is InChI=1S/C19H24N4O/c1-13(18-9-14-6-7-15(18)8-14)22-19(24)17-5-3-2-4-16(17)10-23-12-20-11-21-23/h2-5,11-15,18H,6-10H2,1H3,(H,22,24)/t13-,14-,15-,18+/m0/s1. The van der Waals surface area contributed by atoms with Crippen molar-refractivity contribution in [2.45, 2.75) is 45.2 Å². The lowest BCUT2D eigenvalue weighted by molar-refractivity contribution is 0.0914. The minimum Gasteiger partial charge on any atom is -0.349 e. The highest BCUT2D eigenvalue weighted by Gasteiger charge is 2.42. The largest absolute Gasteiger partial charge is 0.349 e. The summed E-state index contributed by atoms with van der Waals surface area (Å²) in [6.45, 7) is 2.73. The van der Waals surface area contributed by atoms with Crippen molar-refractivity contribution in [2.24, 2.45) is 17.8 Å². The van der Waals surface area contributed by atoms with Crippen LogP contribution in [-0.4, -0.2) is 26.7 Å². The third-order valence-corrected chi connectivity index (χ3v) is 5.85. The molecular formula is C19H24N4O. The van der Waals surface area contributed by atoms with E-state index in [1.165, 1.54) is 32.0 Å². The van der Waals surface area contributed by atoms with Gasteiger partial charge in [0.1, 0.15) is 12.7 Å². The van der Waals surface area contributed by atoms with Crippen molar-refractivity contribution in [3.8, 4) is 0 Å². The van der Waals surface area contributed by atoms with Crippen molar-refractivity contribution < 1.29 is 4.79 Å². The second-order valence-electron chi connectivity index (χ2n) is 7.35. The number of benzene rings is 1. The van der Waals surface area contributed by atoms with Crippen molar-refractivity contribution in [3.63, 3.8) is 0 Å². The monoisotopic (exact) mass is 324 g/mol. The van der Waals surface area contributed by atoms with Gasteiger partial charge in [0.2, 0.25) is 0 Å². The zero-order valence-electron chi connectivity index (χ0n) is 14.1. The summed E-state index contributed by atoms with van der Waals surface area (Å²) in [6.07, 6.45) is 8.58. The minimum atomic E-state index is 0.0287. The lowest BCUT2D eigenvalue weighted by Gasteiger charge is -2.28. The summed E-state index contributed by atoms with van der Waals surface area (Å²) in [5, 5.41) is 7.39. The van der Waals surface area contributed by atoms with Crippen molar-refractivity contribution in [1.82, 2.24) is 20.1 Å². The van der Waals surface area contributed by atoms with Crippen LogP contribution < -0.4 is 5.32 Å². The van der Waals surface area contributed by atoms with Crippen LogP contribution in [-0.2, 0) is 6.54 Å². The van der Waals surface area contributed by atoms with E-state index in [1.54, 1.807) is 11.0 Å². The number of aromatic nitrogens is 3. The van der Waals surface area contributed by atoms with E-state index in [0.717, 1.165) is 23.0 Å². The third-order valence-electron chi connectivity index (χ3n) is 5.85. The molecule has 0 spiro atoms. The van der Waals surface area contributed by atoms with Crippen LogP contribution in [0.3, 0.4) is 0 Å². The Balaban J connectivity index is 1.46. The number of nitrogens with one attached hydrogen (secondary N) is 1. The number of rotatable bonds is 5. The number of carbonyl (C=O) groups excluding carboxylic acids is 1. The van der Waals surface area contributed by atoms with Gasteiger partial charge in [-0.15, -0.1) is 0 Å². The van der Waals surface area contributed by atoms with Gasteiger partial charge in [0.05, 0.1) is 6.54 Å². The Labute approximate surface area is 142 Å². The average Bonchev–Trinajstić information content (AvgIpc) is 3.33. The molecule has 4 rings (SSSR count). The van der Waals surface area contributed by atoms with E-state index in [4.69, 9.17) is 0 Å². The third kappa shape index (κ3) is 2.95. The maximum absolute atomic E-state index is 12.8. The summed E-state index contributed by atoms with van der Waals surface area (Å²) in [7, 11) is 0. The quantitative estimate of drug-likeness (QED) is 0.920. The summed E-state index contributed by atoms with van der Waals surface area (Å²) in [4.78, 5) is 16.8. The summed E-state index contributed by atoms with van der Waals surface area (Å²) in [5.41, 5.74) is 1.71. The fourth-order valence-corrected chi connectivity index (χ4v) is 4.67. The predicted octanol–water partition coefficient (Wildman–Crippen LogP) is 2.88. The van der Waals surface area contributed by atoms with Gasteiger partial charge in [0, 0.05) is 11.6 Å². The second kappa shape index (κ2) is 6.38. The number of nitrogens with zero attached hydrogens (tertiary/aromatic N) is 3. The van der Waals surface area contributed by atoms with Gasteiger partial charge in [-0.1, -0.05) is 24.6 Å². The van der Waals surface area contributed by atoms with Gasteiger partial charge < -0.3 is 5.32 Å². The number of hydrogen-bond acceptors (Lipinski definition) is 3. The molecule has 1 aromatic carbocycles. The van der Waals surface area contributed by atoms with Gasteiger partial charge in [-0.05, 0) is 55.6 Å². The van der Waals surface area contributed by atoms with E-state index in [0.29, 0.717) is 12.5 Å². The van der Waals surface area contributed by atoms with Crippen LogP contribution in [0.1, 0.15) is 48.5 Å². The van der Waals surface area contributed by atoms with Crippen LogP contribution in [0, 0.1) is 17.8 Å². The summed E-state index contributed by atoms with van der Waals surface area (Å²) in [6, 6.07) is 8.00. The molecule has 0 aliphatic heterocycles. The van der Waals surface area contributed by atoms with Gasteiger partial charge in [-0.3, -0.25) is 4.79 Å². The Morgan fingerprint density at radius 1 is 1.33 bits per heavy atom. The average molecular weight is 324 g/mol. The molecule has 126 valence electrons. The van der Waals surface area contributed by atoms with Gasteiger partial charge in [-0.2, -0.15) is 5.10 Å². The van der Waals surface area contributed by atoms with E-state index < -0.39 is 0 Å². The second-order valence-corrected chi connectivity index (χ2v) is 7.35. The Hall–Kier alpha value is -2.17. The highest BCUT2D eigenvalue weighted by atomic mass is 16.1. The normalized spacial score (nSPS) is 26.5. The van der Waals surface area contributed by atoms with Crippen molar-refractivity contribution in [1.29, 1.82) is 0 Å². The molecule has 2 aliphatic carbocycles. The molecule has 0 unspecified atom stereocenters. The molecule has 4 atom stereocenters. The molecule has 5 heteroatoms. The van der Waals surface area contributed by atoms with Gasteiger partial charge in [-0.25, -0.2) is 9.67 Å². The van der Waals surface area contributed by atoms with Crippen molar-refractivity contribution in [3.05, 3.63) is 48.0 Å². The molecule has 2 aromatic rings. The number of hydrogen-bond donors (Lipinski definition) is 1. The molecule has 1 aromatic heterocycles. The Morgan fingerprint density at radius 3 is 2.92 bits per heavy atom. The molecular weight excluding hydrogens is 300 g/mol. The van der Waals surface area contributed by atoms with Crippen molar-refractivity contribution >= 4 is 5.91 Å². The Bertz CT molecular complexity index is 712. The van der Waals surface area contributed by atoms with E-state index in [-0.39, 0.29) is 11.9 Å². The molecule has 2 bridgehead atoms. The number of carbonyl (C=O) groups is 1. The molecule has 2 aliphatic rings. The topological polar surface area (TPSA) is 59.8 Å². The van der Waals surface area contributed by atoms with Crippen LogP contribution in [0.4, 0.5) is 0 Å². The van der Waals surface area contributed by atoms with Crippen LogP contribution >= 0.6 is 0 Å². The Kier molecular flexibility index (Phi) is 4.08. The smallest absolute Gasteiger partial charge is 0.251 e.